The Bertz CT molecular complexity index is 1370. The summed E-state index contributed by atoms with van der Waals surface area (Å²) >= 11 is 0. The zero-order valence-electron chi connectivity index (χ0n) is 21.9. The molecule has 7 nitrogen and oxygen atoms in total. The van der Waals surface area contributed by atoms with Crippen LogP contribution in [0.2, 0.25) is 0 Å². The van der Waals surface area contributed by atoms with E-state index in [0.29, 0.717) is 41.7 Å². The zero-order valence-corrected chi connectivity index (χ0v) is 21.9. The van der Waals surface area contributed by atoms with Crippen LogP contribution in [0, 0.1) is 5.92 Å². The smallest absolute Gasteiger partial charge is 0.401 e. The van der Waals surface area contributed by atoms with E-state index in [9.17, 15) is 13.2 Å². The third kappa shape index (κ3) is 7.22. The van der Waals surface area contributed by atoms with Gasteiger partial charge in [0.2, 0.25) is 0 Å². The maximum absolute atomic E-state index is 12.8. The van der Waals surface area contributed by atoms with Gasteiger partial charge in [0, 0.05) is 30.8 Å². The van der Waals surface area contributed by atoms with Crippen molar-refractivity contribution in [3.8, 4) is 22.8 Å². The Morgan fingerprint density at radius 2 is 1.79 bits per heavy atom. The summed E-state index contributed by atoms with van der Waals surface area (Å²) in [5, 5.41) is 6.73. The topological polar surface area (TPSA) is 74.1 Å². The number of benzene rings is 2. The molecule has 0 spiro atoms. The number of methoxy groups -OCH3 is 1. The number of halogens is 3. The van der Waals surface area contributed by atoms with Crippen molar-refractivity contribution in [3.05, 3.63) is 66.1 Å². The van der Waals surface area contributed by atoms with Gasteiger partial charge in [-0.25, -0.2) is 4.98 Å². The highest BCUT2D eigenvalue weighted by molar-refractivity contribution is 5.78. The predicted octanol–water partition coefficient (Wildman–Crippen LogP) is 5.75. The Morgan fingerprint density at radius 3 is 2.47 bits per heavy atom. The average Bonchev–Trinajstić information content (AvgIpc) is 3.32. The van der Waals surface area contributed by atoms with E-state index >= 15 is 0 Å². The number of aromatic nitrogens is 4. The number of nitrogens with zero attached hydrogens (tertiary/aromatic N) is 4. The molecule has 0 bridgehead atoms. The van der Waals surface area contributed by atoms with E-state index in [-0.39, 0.29) is 12.5 Å². The summed E-state index contributed by atoms with van der Waals surface area (Å²) in [5.74, 6) is 1.37. The molecular weight excluding hydrogens is 495 g/mol. The van der Waals surface area contributed by atoms with Gasteiger partial charge >= 0.3 is 6.18 Å². The highest BCUT2D eigenvalue weighted by atomic mass is 19.4. The molecule has 0 saturated carbocycles. The van der Waals surface area contributed by atoms with E-state index in [1.807, 2.05) is 49.6 Å². The lowest BCUT2D eigenvalue weighted by molar-refractivity contribution is -0.124. The fraction of sp³-hybridized carbons (Fsp3) is 0.393. The number of aryl methyl sites for hydroxylation is 1. The third-order valence-electron chi connectivity index (χ3n) is 6.03. The number of hydrogen-bond acceptors (Lipinski definition) is 6. The molecule has 0 radical (unpaired) electrons. The molecule has 4 rings (SSSR count). The number of ether oxygens (including phenoxy) is 2. The minimum Gasteiger partial charge on any atom is -0.497 e. The molecule has 202 valence electrons. The molecule has 2 aromatic heterocycles. The summed E-state index contributed by atoms with van der Waals surface area (Å²) in [7, 11) is 3.41. The molecule has 0 aliphatic carbocycles. The lowest BCUT2D eigenvalue weighted by Gasteiger charge is -2.21. The van der Waals surface area contributed by atoms with Gasteiger partial charge in [-0.15, -0.1) is 0 Å². The highest BCUT2D eigenvalue weighted by Gasteiger charge is 2.26. The highest BCUT2D eigenvalue weighted by Crippen LogP contribution is 2.35. The summed E-state index contributed by atoms with van der Waals surface area (Å²) in [5.41, 5.74) is 4.75. The number of rotatable bonds is 11. The van der Waals surface area contributed by atoms with E-state index in [1.54, 1.807) is 24.2 Å². The summed E-state index contributed by atoms with van der Waals surface area (Å²) in [6.07, 6.45) is 1.45. The molecule has 0 aliphatic rings. The van der Waals surface area contributed by atoms with Gasteiger partial charge in [0.15, 0.2) is 0 Å². The van der Waals surface area contributed by atoms with Crippen molar-refractivity contribution in [2.75, 3.05) is 26.8 Å². The van der Waals surface area contributed by atoms with Crippen molar-refractivity contribution in [2.45, 2.75) is 32.4 Å². The zero-order chi connectivity index (χ0) is 27.3. The van der Waals surface area contributed by atoms with E-state index in [2.05, 4.69) is 29.2 Å². The molecule has 4 aromatic rings. The van der Waals surface area contributed by atoms with E-state index in [0.717, 1.165) is 22.2 Å². The van der Waals surface area contributed by atoms with Gasteiger partial charge in [-0.3, -0.25) is 9.67 Å². The van der Waals surface area contributed by atoms with Crippen LogP contribution in [-0.2, 0) is 7.05 Å². The standard InChI is InChI=1S/C28H32F3N5O2/c1-18(2)16-38-23-10-20(9-22(12-23)37-4)24(7-8-32-17-28(29,30)31)19-5-6-25-26(11-19)35-27(14-33-25)21-13-34-36(3)15-21/h5-6,9-15,18,24,32H,7-8,16-17H2,1-4H3. The van der Waals surface area contributed by atoms with E-state index < -0.39 is 12.7 Å². The molecule has 38 heavy (non-hydrogen) atoms. The van der Waals surface area contributed by atoms with Gasteiger partial charge in [-0.05, 0) is 54.3 Å². The molecule has 0 fully saturated rings. The van der Waals surface area contributed by atoms with Gasteiger partial charge in [0.1, 0.15) is 11.5 Å². The lowest BCUT2D eigenvalue weighted by atomic mass is 9.88. The van der Waals surface area contributed by atoms with Gasteiger partial charge in [-0.2, -0.15) is 18.3 Å². The summed E-state index contributed by atoms with van der Waals surface area (Å²) in [6, 6.07) is 11.4. The second-order valence-electron chi connectivity index (χ2n) is 9.69. The monoisotopic (exact) mass is 527 g/mol. The minimum absolute atomic E-state index is 0.170. The first kappa shape index (κ1) is 27.4. The number of fused-ring (bicyclic) bond motifs is 1. The lowest BCUT2D eigenvalue weighted by Crippen LogP contribution is -2.30. The van der Waals surface area contributed by atoms with Crippen molar-refractivity contribution >= 4 is 11.0 Å². The van der Waals surface area contributed by atoms with Crippen molar-refractivity contribution in [1.82, 2.24) is 25.1 Å². The number of alkyl halides is 3. The first-order chi connectivity index (χ1) is 18.1. The number of hydrogen-bond donors (Lipinski definition) is 1. The van der Waals surface area contributed by atoms with Crippen LogP contribution in [0.25, 0.3) is 22.3 Å². The average molecular weight is 528 g/mol. The molecule has 1 atom stereocenters. The first-order valence-corrected chi connectivity index (χ1v) is 12.5. The largest absolute Gasteiger partial charge is 0.497 e. The van der Waals surface area contributed by atoms with Gasteiger partial charge in [0.05, 0.1) is 49.4 Å². The van der Waals surface area contributed by atoms with Gasteiger partial charge in [0.25, 0.3) is 0 Å². The van der Waals surface area contributed by atoms with Crippen molar-refractivity contribution in [1.29, 1.82) is 0 Å². The molecule has 2 heterocycles. The van der Waals surface area contributed by atoms with Crippen molar-refractivity contribution in [2.24, 2.45) is 13.0 Å². The Balaban J connectivity index is 1.71. The molecule has 0 aliphatic heterocycles. The quantitative estimate of drug-likeness (QED) is 0.251. The van der Waals surface area contributed by atoms with Crippen LogP contribution in [0.1, 0.15) is 37.3 Å². The third-order valence-corrected chi connectivity index (χ3v) is 6.03. The second-order valence-corrected chi connectivity index (χ2v) is 9.69. The fourth-order valence-corrected chi connectivity index (χ4v) is 4.20. The molecule has 1 N–H and O–H groups in total. The summed E-state index contributed by atoms with van der Waals surface area (Å²) in [4.78, 5) is 9.34. The van der Waals surface area contributed by atoms with Crippen LogP contribution in [0.5, 0.6) is 11.5 Å². The Labute approximate surface area is 220 Å². The van der Waals surface area contributed by atoms with Crippen LogP contribution < -0.4 is 14.8 Å². The molecule has 10 heteroatoms. The van der Waals surface area contributed by atoms with E-state index in [4.69, 9.17) is 14.5 Å². The van der Waals surface area contributed by atoms with Crippen LogP contribution >= 0.6 is 0 Å². The summed E-state index contributed by atoms with van der Waals surface area (Å²) in [6.45, 7) is 3.78. The van der Waals surface area contributed by atoms with Gasteiger partial charge < -0.3 is 14.8 Å². The second kappa shape index (κ2) is 11.8. The fourth-order valence-electron chi connectivity index (χ4n) is 4.20. The molecule has 1 unspecified atom stereocenters. The maximum atomic E-state index is 12.8. The van der Waals surface area contributed by atoms with Crippen LogP contribution in [0.15, 0.2) is 55.0 Å². The number of nitrogens with one attached hydrogen (secondary N) is 1. The van der Waals surface area contributed by atoms with Crippen molar-refractivity contribution in [3.63, 3.8) is 0 Å². The Kier molecular flexibility index (Phi) is 8.51. The predicted molar refractivity (Wildman–Crippen MR) is 140 cm³/mol. The van der Waals surface area contributed by atoms with Crippen LogP contribution in [-0.4, -0.2) is 52.7 Å². The molecule has 0 saturated heterocycles. The maximum Gasteiger partial charge on any atom is 0.401 e. The van der Waals surface area contributed by atoms with Crippen LogP contribution in [0.3, 0.4) is 0 Å². The Morgan fingerprint density at radius 1 is 1.00 bits per heavy atom. The summed E-state index contributed by atoms with van der Waals surface area (Å²) < 4.78 is 51.5. The SMILES string of the molecule is COc1cc(OCC(C)C)cc(C(CCNCC(F)(F)F)c2ccc3ncc(-c4cnn(C)c4)nc3c2)c1. The van der Waals surface area contributed by atoms with Crippen molar-refractivity contribution < 1.29 is 22.6 Å². The van der Waals surface area contributed by atoms with Gasteiger partial charge in [-0.1, -0.05) is 19.9 Å². The molecule has 2 aromatic carbocycles. The van der Waals surface area contributed by atoms with E-state index in [1.165, 1.54) is 0 Å². The molecular formula is C28H32F3N5O2. The first-order valence-electron chi connectivity index (χ1n) is 12.5. The molecule has 0 amide bonds. The minimum atomic E-state index is -4.27. The van der Waals surface area contributed by atoms with Crippen LogP contribution in [0.4, 0.5) is 13.2 Å². The Hall–Kier alpha value is -3.66. The normalized spacial score (nSPS) is 12.7.